The van der Waals surface area contributed by atoms with Gasteiger partial charge in [0.15, 0.2) is 0 Å². The molecule has 5 nitrogen and oxygen atoms in total. The molecule has 1 saturated heterocycles. The summed E-state index contributed by atoms with van der Waals surface area (Å²) < 4.78 is 5.53. The maximum Gasteiger partial charge on any atom is 0.220 e. The molecule has 0 bridgehead atoms. The van der Waals surface area contributed by atoms with Gasteiger partial charge in [0.1, 0.15) is 19.1 Å². The topological polar surface area (TPSA) is 46.0 Å². The monoisotopic (exact) mass is 382 g/mol. The van der Waals surface area contributed by atoms with Gasteiger partial charge in [0.2, 0.25) is 5.91 Å². The van der Waals surface area contributed by atoms with Crippen molar-refractivity contribution in [2.45, 2.75) is 18.9 Å². The number of hydrogen-bond acceptors (Lipinski definition) is 3. The number of anilines is 1. The van der Waals surface area contributed by atoms with Crippen molar-refractivity contribution < 1.29 is 14.4 Å². The van der Waals surface area contributed by atoms with E-state index in [0.717, 1.165) is 32.7 Å². The van der Waals surface area contributed by atoms with Crippen molar-refractivity contribution in [3.8, 4) is 0 Å². The molecule has 5 heteroatoms. The molecule has 0 aliphatic carbocycles. The van der Waals surface area contributed by atoms with Crippen molar-refractivity contribution in [3.05, 3.63) is 65.7 Å². The van der Waals surface area contributed by atoms with Crippen molar-refractivity contribution in [1.29, 1.82) is 0 Å². The third kappa shape index (κ3) is 5.81. The first-order valence-corrected chi connectivity index (χ1v) is 10.1. The summed E-state index contributed by atoms with van der Waals surface area (Å²) in [5.74, 6) is 0.117. The summed E-state index contributed by atoms with van der Waals surface area (Å²) in [5.41, 5.74) is 3.66. The second-order valence-corrected chi connectivity index (χ2v) is 7.60. The average molecular weight is 383 g/mol. The Hall–Kier alpha value is -2.37. The molecule has 1 aliphatic rings. The van der Waals surface area contributed by atoms with Crippen LogP contribution in [0.5, 0.6) is 0 Å². The van der Waals surface area contributed by atoms with E-state index in [0.29, 0.717) is 13.0 Å². The molecule has 0 spiro atoms. The van der Waals surface area contributed by atoms with Crippen molar-refractivity contribution in [3.63, 3.8) is 0 Å². The van der Waals surface area contributed by atoms with E-state index in [-0.39, 0.29) is 11.9 Å². The van der Waals surface area contributed by atoms with Crippen LogP contribution in [0.4, 0.5) is 5.69 Å². The first-order chi connectivity index (χ1) is 13.6. The smallest absolute Gasteiger partial charge is 0.220 e. The first kappa shape index (κ1) is 20.4. The molecule has 3 rings (SSSR count). The van der Waals surface area contributed by atoms with Gasteiger partial charge in [-0.05, 0) is 24.1 Å². The summed E-state index contributed by atoms with van der Waals surface area (Å²) >= 11 is 0. The van der Waals surface area contributed by atoms with Crippen LogP contribution in [0.1, 0.15) is 23.6 Å². The lowest BCUT2D eigenvalue weighted by molar-refractivity contribution is -0.937. The molecule has 1 amide bonds. The maximum atomic E-state index is 12.4. The second-order valence-electron chi connectivity index (χ2n) is 7.60. The Labute approximate surface area is 168 Å². The highest BCUT2D eigenvalue weighted by molar-refractivity contribution is 5.76. The zero-order valence-corrected chi connectivity index (χ0v) is 17.0. The highest BCUT2D eigenvalue weighted by atomic mass is 16.5. The van der Waals surface area contributed by atoms with E-state index >= 15 is 0 Å². The Bertz CT molecular complexity index is 725. The molecule has 1 heterocycles. The molecule has 28 heavy (non-hydrogen) atoms. The summed E-state index contributed by atoms with van der Waals surface area (Å²) in [6.07, 6.45) is 1.30. The summed E-state index contributed by atoms with van der Waals surface area (Å²) in [4.78, 5) is 16.0. The van der Waals surface area contributed by atoms with Crippen LogP contribution in [0.25, 0.3) is 0 Å². The van der Waals surface area contributed by atoms with Gasteiger partial charge in [-0.1, -0.05) is 42.5 Å². The number of carbonyl (C=O) groups is 1. The minimum absolute atomic E-state index is 0.117. The molecule has 150 valence electrons. The van der Waals surface area contributed by atoms with E-state index in [2.05, 4.69) is 46.6 Å². The Kier molecular flexibility index (Phi) is 7.46. The Morgan fingerprint density at radius 1 is 1.07 bits per heavy atom. The number of benzene rings is 2. The van der Waals surface area contributed by atoms with Crippen LogP contribution < -0.4 is 15.1 Å². The van der Waals surface area contributed by atoms with Gasteiger partial charge < -0.3 is 19.9 Å². The first-order valence-electron chi connectivity index (χ1n) is 10.1. The van der Waals surface area contributed by atoms with Crippen molar-refractivity contribution in [1.82, 2.24) is 5.32 Å². The van der Waals surface area contributed by atoms with Crippen molar-refractivity contribution in [2.75, 3.05) is 51.8 Å². The van der Waals surface area contributed by atoms with Crippen LogP contribution in [-0.2, 0) is 16.0 Å². The average Bonchev–Trinajstić information content (AvgIpc) is 2.74. The number of quaternary nitrogens is 1. The van der Waals surface area contributed by atoms with Gasteiger partial charge in [0.25, 0.3) is 0 Å². The third-order valence-corrected chi connectivity index (χ3v) is 5.43. The highest BCUT2D eigenvalue weighted by Gasteiger charge is 2.26. The molecular weight excluding hydrogens is 350 g/mol. The standard InChI is InChI=1S/C23H31N3O2/c1-25(2)21-11-9-20(10-12-21)22(26-14-16-28-17-15-26)18-24-23(27)13-8-19-6-4-3-5-7-19/h3-7,9-12,22H,8,13-18H2,1-2H3,(H,24,27)/p+1/t22-/m0/s1. The molecular formula is C23H32N3O2+. The number of ether oxygens (including phenoxy) is 1. The molecule has 2 aromatic rings. The number of rotatable bonds is 8. The van der Waals surface area contributed by atoms with Gasteiger partial charge in [0, 0.05) is 31.8 Å². The van der Waals surface area contributed by atoms with Crippen LogP contribution in [0.3, 0.4) is 0 Å². The number of nitrogens with zero attached hydrogens (tertiary/aromatic N) is 1. The van der Waals surface area contributed by atoms with Gasteiger partial charge in [0.05, 0.1) is 19.8 Å². The maximum absolute atomic E-state index is 12.4. The molecule has 0 unspecified atom stereocenters. The minimum atomic E-state index is 0.117. The summed E-state index contributed by atoms with van der Waals surface area (Å²) in [6, 6.07) is 19.1. The zero-order chi connectivity index (χ0) is 19.8. The lowest BCUT2D eigenvalue weighted by Gasteiger charge is -2.32. The number of nitrogens with one attached hydrogen (secondary N) is 2. The molecule has 2 aromatic carbocycles. The van der Waals surface area contributed by atoms with Gasteiger partial charge >= 0.3 is 0 Å². The molecule has 1 aliphatic heterocycles. The Morgan fingerprint density at radius 3 is 2.39 bits per heavy atom. The van der Waals surface area contributed by atoms with Crippen LogP contribution in [-0.4, -0.2) is 52.9 Å². The van der Waals surface area contributed by atoms with E-state index in [9.17, 15) is 4.79 Å². The quantitative estimate of drug-likeness (QED) is 0.727. The number of aryl methyl sites for hydroxylation is 1. The number of morpholine rings is 1. The zero-order valence-electron chi connectivity index (χ0n) is 17.0. The lowest BCUT2D eigenvalue weighted by atomic mass is 10.0. The molecule has 0 saturated carbocycles. The van der Waals surface area contributed by atoms with Crippen LogP contribution in [0, 0.1) is 0 Å². The summed E-state index contributed by atoms with van der Waals surface area (Å²) in [7, 11) is 4.10. The molecule has 2 N–H and O–H groups in total. The Balaban J connectivity index is 1.61. The number of carbonyl (C=O) groups excluding carboxylic acids is 1. The summed E-state index contributed by atoms with van der Waals surface area (Å²) in [6.45, 7) is 4.16. The van der Waals surface area contributed by atoms with Crippen LogP contribution >= 0.6 is 0 Å². The van der Waals surface area contributed by atoms with E-state index in [1.807, 2.05) is 32.3 Å². The fourth-order valence-electron chi connectivity index (χ4n) is 3.69. The van der Waals surface area contributed by atoms with E-state index in [1.54, 1.807) is 0 Å². The van der Waals surface area contributed by atoms with Crippen LogP contribution in [0.2, 0.25) is 0 Å². The number of amides is 1. The number of hydrogen-bond donors (Lipinski definition) is 2. The molecule has 1 atom stereocenters. The van der Waals surface area contributed by atoms with Gasteiger partial charge in [-0.15, -0.1) is 0 Å². The largest absolute Gasteiger partial charge is 0.378 e. The molecule has 0 radical (unpaired) electrons. The SMILES string of the molecule is CN(C)c1ccc([C@H](CNC(=O)CCc2ccccc2)[NH+]2CCOCC2)cc1. The van der Waals surface area contributed by atoms with E-state index in [4.69, 9.17) is 4.74 Å². The Morgan fingerprint density at radius 2 is 1.75 bits per heavy atom. The fraction of sp³-hybridized carbons (Fsp3) is 0.435. The predicted molar refractivity (Wildman–Crippen MR) is 113 cm³/mol. The highest BCUT2D eigenvalue weighted by Crippen LogP contribution is 2.16. The minimum Gasteiger partial charge on any atom is -0.378 e. The molecule has 0 aromatic heterocycles. The molecule has 1 fully saturated rings. The normalized spacial score (nSPS) is 15.8. The van der Waals surface area contributed by atoms with Crippen molar-refractivity contribution in [2.24, 2.45) is 0 Å². The van der Waals surface area contributed by atoms with E-state index < -0.39 is 0 Å². The van der Waals surface area contributed by atoms with E-state index in [1.165, 1.54) is 21.7 Å². The predicted octanol–water partition coefficient (Wildman–Crippen LogP) is 1.46. The van der Waals surface area contributed by atoms with Gasteiger partial charge in [-0.25, -0.2) is 0 Å². The van der Waals surface area contributed by atoms with Crippen molar-refractivity contribution >= 4 is 11.6 Å². The summed E-state index contributed by atoms with van der Waals surface area (Å²) in [5, 5.41) is 3.18. The second kappa shape index (κ2) is 10.2. The van der Waals surface area contributed by atoms with Gasteiger partial charge in [-0.2, -0.15) is 0 Å². The third-order valence-electron chi connectivity index (χ3n) is 5.43. The fourth-order valence-corrected chi connectivity index (χ4v) is 3.69. The van der Waals surface area contributed by atoms with Gasteiger partial charge in [-0.3, -0.25) is 4.79 Å². The lowest BCUT2D eigenvalue weighted by Crippen LogP contribution is -3.15. The van der Waals surface area contributed by atoms with Crippen LogP contribution in [0.15, 0.2) is 54.6 Å².